The normalized spacial score (nSPS) is 20.5. The predicted molar refractivity (Wildman–Crippen MR) is 58.6 cm³/mol. The van der Waals surface area contributed by atoms with Gasteiger partial charge in [-0.05, 0) is 30.7 Å². The molecule has 0 atom stereocenters. The van der Waals surface area contributed by atoms with Crippen molar-refractivity contribution in [2.45, 2.75) is 58.8 Å². The Morgan fingerprint density at radius 2 is 1.77 bits per heavy atom. The second-order valence-corrected chi connectivity index (χ2v) is 5.41. The quantitative estimate of drug-likeness (QED) is 0.711. The summed E-state index contributed by atoms with van der Waals surface area (Å²) in [6, 6.07) is 0. The molecule has 0 aliphatic heterocycles. The molecule has 1 nitrogen and oxygen atoms in total. The van der Waals surface area contributed by atoms with Crippen molar-refractivity contribution in [3.05, 3.63) is 0 Å². The monoisotopic (exact) mass is 183 g/mol. The minimum absolute atomic E-state index is 0.483. The largest absolute Gasteiger partial charge is 0.330 e. The average molecular weight is 183 g/mol. The molecule has 0 bridgehead atoms. The third kappa shape index (κ3) is 4.12. The van der Waals surface area contributed by atoms with Crippen LogP contribution in [-0.2, 0) is 0 Å². The van der Waals surface area contributed by atoms with Crippen molar-refractivity contribution >= 4 is 0 Å². The van der Waals surface area contributed by atoms with Crippen LogP contribution in [-0.4, -0.2) is 6.54 Å². The molecule has 78 valence electrons. The van der Waals surface area contributed by atoms with Gasteiger partial charge in [0.2, 0.25) is 0 Å². The lowest BCUT2D eigenvalue weighted by Gasteiger charge is -2.31. The molecule has 0 heterocycles. The smallest absolute Gasteiger partial charge is 0.00722 e. The van der Waals surface area contributed by atoms with Crippen LogP contribution < -0.4 is 5.73 Å². The van der Waals surface area contributed by atoms with Gasteiger partial charge >= 0.3 is 0 Å². The molecule has 1 aliphatic carbocycles. The highest BCUT2D eigenvalue weighted by Crippen LogP contribution is 2.35. The summed E-state index contributed by atoms with van der Waals surface area (Å²) in [5.41, 5.74) is 6.10. The number of rotatable bonds is 4. The zero-order chi connectivity index (χ0) is 9.73. The van der Waals surface area contributed by atoms with Crippen LogP contribution in [0.4, 0.5) is 0 Å². The van der Waals surface area contributed by atoms with Crippen molar-refractivity contribution in [1.82, 2.24) is 0 Å². The Kier molecular flexibility index (Phi) is 4.24. The topological polar surface area (TPSA) is 26.0 Å². The summed E-state index contributed by atoms with van der Waals surface area (Å²) in [4.78, 5) is 0. The van der Waals surface area contributed by atoms with Gasteiger partial charge in [0.25, 0.3) is 0 Å². The summed E-state index contributed by atoms with van der Waals surface area (Å²) in [7, 11) is 0. The van der Waals surface area contributed by atoms with E-state index in [9.17, 15) is 0 Å². The lowest BCUT2D eigenvalue weighted by Crippen LogP contribution is -2.22. The first kappa shape index (κ1) is 11.0. The van der Waals surface area contributed by atoms with E-state index in [1.54, 1.807) is 0 Å². The Morgan fingerprint density at radius 1 is 1.15 bits per heavy atom. The summed E-state index contributed by atoms with van der Waals surface area (Å²) in [6.45, 7) is 5.59. The maximum Gasteiger partial charge on any atom is -0.00722 e. The molecule has 1 fully saturated rings. The zero-order valence-corrected chi connectivity index (χ0v) is 9.31. The van der Waals surface area contributed by atoms with E-state index in [-0.39, 0.29) is 0 Å². The van der Waals surface area contributed by atoms with Gasteiger partial charge in [-0.1, -0.05) is 46.0 Å². The fourth-order valence-corrected chi connectivity index (χ4v) is 2.67. The molecule has 2 N–H and O–H groups in total. The number of hydrogen-bond donors (Lipinski definition) is 1. The molecule has 13 heavy (non-hydrogen) atoms. The second-order valence-electron chi connectivity index (χ2n) is 5.41. The van der Waals surface area contributed by atoms with Crippen LogP contribution in [0, 0.1) is 11.3 Å². The van der Waals surface area contributed by atoms with Gasteiger partial charge in [-0.2, -0.15) is 0 Å². The number of nitrogens with two attached hydrogens (primary N) is 1. The molecule has 0 spiro atoms. The van der Waals surface area contributed by atoms with E-state index in [1.165, 1.54) is 44.9 Å². The first-order valence-electron chi connectivity index (χ1n) is 5.84. The zero-order valence-electron chi connectivity index (χ0n) is 9.31. The third-order valence-corrected chi connectivity index (χ3v) is 3.39. The van der Waals surface area contributed by atoms with Gasteiger partial charge in [0.05, 0.1) is 0 Å². The molecule has 0 aromatic heterocycles. The molecule has 0 unspecified atom stereocenters. The van der Waals surface area contributed by atoms with Crippen LogP contribution in [0.1, 0.15) is 58.8 Å². The van der Waals surface area contributed by atoms with Crippen molar-refractivity contribution in [3.63, 3.8) is 0 Å². The van der Waals surface area contributed by atoms with Crippen LogP contribution in [0.15, 0.2) is 0 Å². The van der Waals surface area contributed by atoms with Crippen LogP contribution in [0.5, 0.6) is 0 Å². The molecule has 0 aromatic carbocycles. The van der Waals surface area contributed by atoms with Gasteiger partial charge in [0, 0.05) is 0 Å². The lowest BCUT2D eigenvalue weighted by atomic mass is 9.75. The summed E-state index contributed by atoms with van der Waals surface area (Å²) in [6.07, 6.45) is 9.90. The fourth-order valence-electron chi connectivity index (χ4n) is 2.67. The minimum Gasteiger partial charge on any atom is -0.330 e. The highest BCUT2D eigenvalue weighted by Gasteiger charge is 2.23. The number of hydrogen-bond acceptors (Lipinski definition) is 1. The SMILES string of the molecule is CC(C)(CCN)CC1CCCCC1. The molecular weight excluding hydrogens is 158 g/mol. The van der Waals surface area contributed by atoms with Crippen molar-refractivity contribution in [2.24, 2.45) is 17.1 Å². The Hall–Kier alpha value is -0.0400. The Labute approximate surface area is 83.1 Å². The van der Waals surface area contributed by atoms with Crippen molar-refractivity contribution in [1.29, 1.82) is 0 Å². The molecule has 1 heteroatoms. The molecule has 0 aromatic rings. The Balaban J connectivity index is 2.28. The summed E-state index contributed by atoms with van der Waals surface area (Å²) in [5.74, 6) is 0.996. The minimum atomic E-state index is 0.483. The second kappa shape index (κ2) is 4.99. The summed E-state index contributed by atoms with van der Waals surface area (Å²) >= 11 is 0. The van der Waals surface area contributed by atoms with Gasteiger partial charge in [-0.3, -0.25) is 0 Å². The van der Waals surface area contributed by atoms with Crippen molar-refractivity contribution in [3.8, 4) is 0 Å². The third-order valence-electron chi connectivity index (χ3n) is 3.39. The fraction of sp³-hybridized carbons (Fsp3) is 1.00. The highest BCUT2D eigenvalue weighted by molar-refractivity contribution is 4.76. The molecule has 0 amide bonds. The van der Waals surface area contributed by atoms with Crippen molar-refractivity contribution in [2.75, 3.05) is 6.54 Å². The standard InChI is InChI=1S/C12H25N/c1-12(2,8-9-13)10-11-6-4-3-5-7-11/h11H,3-10,13H2,1-2H3. The summed E-state index contributed by atoms with van der Waals surface area (Å²) in [5, 5.41) is 0. The highest BCUT2D eigenvalue weighted by atomic mass is 14.5. The first-order chi connectivity index (χ1) is 6.14. The van der Waals surface area contributed by atoms with E-state index < -0.39 is 0 Å². The van der Waals surface area contributed by atoms with Gasteiger partial charge in [-0.25, -0.2) is 0 Å². The van der Waals surface area contributed by atoms with E-state index in [0.29, 0.717) is 5.41 Å². The van der Waals surface area contributed by atoms with E-state index >= 15 is 0 Å². The van der Waals surface area contributed by atoms with E-state index in [1.807, 2.05) is 0 Å². The van der Waals surface area contributed by atoms with E-state index in [4.69, 9.17) is 5.73 Å². The maximum absolute atomic E-state index is 5.62. The van der Waals surface area contributed by atoms with Gasteiger partial charge < -0.3 is 5.73 Å². The van der Waals surface area contributed by atoms with E-state index in [0.717, 1.165) is 12.5 Å². The van der Waals surface area contributed by atoms with Gasteiger partial charge in [-0.15, -0.1) is 0 Å². The molecular formula is C12H25N. The Morgan fingerprint density at radius 3 is 2.31 bits per heavy atom. The molecule has 1 rings (SSSR count). The van der Waals surface area contributed by atoms with Crippen LogP contribution >= 0.6 is 0 Å². The van der Waals surface area contributed by atoms with Gasteiger partial charge in [0.15, 0.2) is 0 Å². The van der Waals surface area contributed by atoms with E-state index in [2.05, 4.69) is 13.8 Å². The Bertz CT molecular complexity index is 134. The van der Waals surface area contributed by atoms with Crippen LogP contribution in [0.25, 0.3) is 0 Å². The molecule has 0 saturated heterocycles. The van der Waals surface area contributed by atoms with Crippen LogP contribution in [0.2, 0.25) is 0 Å². The first-order valence-corrected chi connectivity index (χ1v) is 5.84. The average Bonchev–Trinajstić information content (AvgIpc) is 2.04. The summed E-state index contributed by atoms with van der Waals surface area (Å²) < 4.78 is 0. The van der Waals surface area contributed by atoms with Crippen LogP contribution in [0.3, 0.4) is 0 Å². The van der Waals surface area contributed by atoms with Crippen molar-refractivity contribution < 1.29 is 0 Å². The predicted octanol–water partition coefficient (Wildman–Crippen LogP) is 3.33. The molecule has 1 aliphatic rings. The lowest BCUT2D eigenvalue weighted by molar-refractivity contribution is 0.212. The maximum atomic E-state index is 5.62. The van der Waals surface area contributed by atoms with Gasteiger partial charge in [0.1, 0.15) is 0 Å². The molecule has 1 saturated carbocycles. The molecule has 0 radical (unpaired) electrons.